The number of halogens is 3. The van der Waals surface area contributed by atoms with Crippen molar-refractivity contribution in [1.82, 2.24) is 0 Å². The molecule has 2 rings (SSSR count). The zero-order chi connectivity index (χ0) is 11.1. The van der Waals surface area contributed by atoms with Crippen molar-refractivity contribution >= 4 is 11.3 Å². The Morgan fingerprint density at radius 2 is 2.13 bits per heavy atom. The monoisotopic (exact) mass is 235 g/mol. The van der Waals surface area contributed by atoms with Crippen LogP contribution in [-0.4, -0.2) is 12.2 Å². The first-order valence-corrected chi connectivity index (χ1v) is 5.71. The van der Waals surface area contributed by atoms with Crippen LogP contribution in [0.4, 0.5) is 13.2 Å². The van der Waals surface area contributed by atoms with Crippen LogP contribution in [0.15, 0.2) is 6.07 Å². The lowest BCUT2D eigenvalue weighted by Crippen LogP contribution is -2.38. The van der Waals surface area contributed by atoms with Gasteiger partial charge in [-0.1, -0.05) is 0 Å². The average Bonchev–Trinajstić information content (AvgIpc) is 2.61. The van der Waals surface area contributed by atoms with Gasteiger partial charge in [0.1, 0.15) is 6.04 Å². The van der Waals surface area contributed by atoms with Crippen LogP contribution in [-0.2, 0) is 19.3 Å². The number of rotatable bonds is 2. The van der Waals surface area contributed by atoms with Crippen LogP contribution < -0.4 is 5.73 Å². The molecule has 1 aromatic heterocycles. The smallest absolute Gasteiger partial charge is 0.320 e. The number of alkyl halides is 3. The molecule has 1 aliphatic carbocycles. The fraction of sp³-hybridized carbons (Fsp3) is 0.600. The molecule has 2 N–H and O–H groups in total. The lowest BCUT2D eigenvalue weighted by atomic mass is 10.1. The van der Waals surface area contributed by atoms with Gasteiger partial charge in [-0.15, -0.1) is 11.3 Å². The lowest BCUT2D eigenvalue weighted by molar-refractivity contribution is -0.147. The first-order chi connectivity index (χ1) is 6.97. The first-order valence-electron chi connectivity index (χ1n) is 4.89. The summed E-state index contributed by atoms with van der Waals surface area (Å²) in [5.41, 5.74) is 6.31. The molecule has 1 unspecified atom stereocenters. The van der Waals surface area contributed by atoms with E-state index in [0.717, 1.165) is 24.1 Å². The molecular weight excluding hydrogens is 223 g/mol. The van der Waals surface area contributed by atoms with Gasteiger partial charge in [-0.05, 0) is 30.9 Å². The third-order valence-corrected chi connectivity index (χ3v) is 3.90. The fourth-order valence-corrected chi connectivity index (χ4v) is 3.14. The number of nitrogens with two attached hydrogens (primary N) is 1. The van der Waals surface area contributed by atoms with Gasteiger partial charge in [-0.3, -0.25) is 0 Å². The molecule has 84 valence electrons. The molecule has 0 spiro atoms. The van der Waals surface area contributed by atoms with E-state index in [1.165, 1.54) is 21.8 Å². The summed E-state index contributed by atoms with van der Waals surface area (Å²) >= 11 is 1.49. The predicted octanol–water partition coefficient (Wildman–Crippen LogP) is 2.67. The molecule has 0 aromatic carbocycles. The Labute approximate surface area is 90.1 Å². The van der Waals surface area contributed by atoms with Gasteiger partial charge in [-0.2, -0.15) is 13.2 Å². The van der Waals surface area contributed by atoms with Crippen LogP contribution >= 0.6 is 11.3 Å². The molecule has 15 heavy (non-hydrogen) atoms. The highest BCUT2D eigenvalue weighted by Gasteiger charge is 2.37. The van der Waals surface area contributed by atoms with Gasteiger partial charge in [-0.25, -0.2) is 0 Å². The lowest BCUT2D eigenvalue weighted by Gasteiger charge is -2.14. The van der Waals surface area contributed by atoms with Gasteiger partial charge < -0.3 is 5.73 Å². The number of hydrogen-bond donors (Lipinski definition) is 1. The van der Waals surface area contributed by atoms with Crippen molar-refractivity contribution < 1.29 is 13.2 Å². The van der Waals surface area contributed by atoms with E-state index in [4.69, 9.17) is 5.73 Å². The van der Waals surface area contributed by atoms with Crippen LogP contribution in [0, 0.1) is 0 Å². The zero-order valence-electron chi connectivity index (χ0n) is 8.10. The topological polar surface area (TPSA) is 26.0 Å². The van der Waals surface area contributed by atoms with Crippen LogP contribution in [0.5, 0.6) is 0 Å². The molecule has 1 heterocycles. The Balaban J connectivity index is 2.05. The summed E-state index contributed by atoms with van der Waals surface area (Å²) in [5, 5.41) is 0. The molecule has 1 nitrogen and oxygen atoms in total. The largest absolute Gasteiger partial charge is 0.403 e. The van der Waals surface area contributed by atoms with Gasteiger partial charge in [0, 0.05) is 16.2 Å². The highest BCUT2D eigenvalue weighted by molar-refractivity contribution is 7.12. The first kappa shape index (κ1) is 11.0. The van der Waals surface area contributed by atoms with E-state index in [1.54, 1.807) is 0 Å². The standard InChI is InChI=1S/C10H12F3NS/c11-10(12,13)9(14)5-7-4-6-2-1-3-8(6)15-7/h4,9H,1-3,5,14H2. The Hall–Kier alpha value is -0.550. The van der Waals surface area contributed by atoms with Crippen molar-refractivity contribution in [3.05, 3.63) is 21.4 Å². The molecule has 5 heteroatoms. The van der Waals surface area contributed by atoms with Crippen molar-refractivity contribution in [3.8, 4) is 0 Å². The summed E-state index contributed by atoms with van der Waals surface area (Å²) in [5.74, 6) is 0. The zero-order valence-corrected chi connectivity index (χ0v) is 8.92. The number of thiophene rings is 1. The van der Waals surface area contributed by atoms with Gasteiger partial charge in [0.15, 0.2) is 0 Å². The van der Waals surface area contributed by atoms with Gasteiger partial charge in [0.25, 0.3) is 0 Å². The summed E-state index contributed by atoms with van der Waals surface area (Å²) in [6.45, 7) is 0. The molecule has 0 saturated heterocycles. The van der Waals surface area contributed by atoms with Crippen LogP contribution in [0.25, 0.3) is 0 Å². The van der Waals surface area contributed by atoms with Crippen molar-refractivity contribution in [2.45, 2.75) is 37.9 Å². The SMILES string of the molecule is NC(Cc1cc2c(s1)CCC2)C(F)(F)F. The maximum absolute atomic E-state index is 12.2. The molecule has 0 bridgehead atoms. The molecule has 1 aromatic rings. The second-order valence-corrected chi connectivity index (χ2v) is 5.09. The molecule has 1 aliphatic rings. The van der Waals surface area contributed by atoms with Crippen molar-refractivity contribution in [3.63, 3.8) is 0 Å². The maximum Gasteiger partial charge on any atom is 0.403 e. The summed E-state index contributed by atoms with van der Waals surface area (Å²) in [4.78, 5) is 2.02. The summed E-state index contributed by atoms with van der Waals surface area (Å²) in [6, 6.07) is 0.162. The van der Waals surface area contributed by atoms with Crippen LogP contribution in [0.1, 0.15) is 21.7 Å². The minimum atomic E-state index is -4.28. The van der Waals surface area contributed by atoms with Crippen LogP contribution in [0.3, 0.4) is 0 Å². The molecule has 0 radical (unpaired) electrons. The number of fused-ring (bicyclic) bond motifs is 1. The fourth-order valence-electron chi connectivity index (χ4n) is 1.82. The average molecular weight is 235 g/mol. The third-order valence-electron chi connectivity index (χ3n) is 2.64. The molecular formula is C10H12F3NS. The predicted molar refractivity (Wildman–Crippen MR) is 54.1 cm³/mol. The van der Waals surface area contributed by atoms with E-state index in [0.29, 0.717) is 0 Å². The normalized spacial score (nSPS) is 17.9. The summed E-state index contributed by atoms with van der Waals surface area (Å²) in [7, 11) is 0. The Kier molecular flexibility index (Phi) is 2.77. The van der Waals surface area contributed by atoms with E-state index < -0.39 is 12.2 Å². The van der Waals surface area contributed by atoms with E-state index in [9.17, 15) is 13.2 Å². The second kappa shape index (κ2) is 3.79. The molecule has 1 atom stereocenters. The minimum absolute atomic E-state index is 0.0822. The van der Waals surface area contributed by atoms with E-state index >= 15 is 0 Å². The van der Waals surface area contributed by atoms with Crippen molar-refractivity contribution in [2.24, 2.45) is 5.73 Å². The van der Waals surface area contributed by atoms with E-state index in [-0.39, 0.29) is 6.42 Å². The van der Waals surface area contributed by atoms with E-state index in [1.807, 2.05) is 6.07 Å². The minimum Gasteiger partial charge on any atom is -0.320 e. The number of hydrogen-bond acceptors (Lipinski definition) is 2. The van der Waals surface area contributed by atoms with E-state index in [2.05, 4.69) is 0 Å². The number of aryl methyl sites for hydroxylation is 2. The molecule has 0 fully saturated rings. The highest BCUT2D eigenvalue weighted by atomic mass is 32.1. The summed E-state index contributed by atoms with van der Waals surface area (Å²) in [6.07, 6.45) is -1.21. The second-order valence-electron chi connectivity index (χ2n) is 3.87. The van der Waals surface area contributed by atoms with Gasteiger partial charge >= 0.3 is 6.18 Å². The Morgan fingerprint density at radius 3 is 2.73 bits per heavy atom. The molecule has 0 aliphatic heterocycles. The Bertz CT molecular complexity index is 335. The summed E-state index contributed by atoms with van der Waals surface area (Å²) < 4.78 is 36.7. The van der Waals surface area contributed by atoms with Crippen LogP contribution in [0.2, 0.25) is 0 Å². The highest BCUT2D eigenvalue weighted by Crippen LogP contribution is 2.32. The quantitative estimate of drug-likeness (QED) is 0.838. The van der Waals surface area contributed by atoms with Gasteiger partial charge in [0.05, 0.1) is 0 Å². The maximum atomic E-state index is 12.2. The van der Waals surface area contributed by atoms with Crippen molar-refractivity contribution in [1.29, 1.82) is 0 Å². The third kappa shape index (κ3) is 2.34. The Morgan fingerprint density at radius 1 is 1.40 bits per heavy atom. The molecule has 0 amide bonds. The van der Waals surface area contributed by atoms with Gasteiger partial charge in [0.2, 0.25) is 0 Å². The van der Waals surface area contributed by atoms with Crippen molar-refractivity contribution in [2.75, 3.05) is 0 Å². The molecule has 0 saturated carbocycles.